The highest BCUT2D eigenvalue weighted by molar-refractivity contribution is 6.34. The first-order valence-electron chi connectivity index (χ1n) is 14.3. The lowest BCUT2D eigenvalue weighted by Crippen LogP contribution is -2.44. The predicted molar refractivity (Wildman–Crippen MR) is 166 cm³/mol. The zero-order valence-electron chi connectivity index (χ0n) is 24.6. The van der Waals surface area contributed by atoms with E-state index < -0.39 is 17.5 Å². The second-order valence-corrected chi connectivity index (χ2v) is 12.3. The van der Waals surface area contributed by atoms with Crippen LogP contribution in [0.4, 0.5) is 9.18 Å². The molecule has 42 heavy (non-hydrogen) atoms. The molecule has 9 heteroatoms. The van der Waals surface area contributed by atoms with Crippen molar-refractivity contribution in [2.24, 2.45) is 16.6 Å². The maximum absolute atomic E-state index is 13.8. The summed E-state index contributed by atoms with van der Waals surface area (Å²) >= 11 is 5.98. The van der Waals surface area contributed by atoms with Crippen LogP contribution in [0.15, 0.2) is 76.5 Å². The van der Waals surface area contributed by atoms with Gasteiger partial charge in [0.25, 0.3) is 0 Å². The zero-order valence-corrected chi connectivity index (χ0v) is 25.4. The number of halogens is 2. The van der Waals surface area contributed by atoms with Gasteiger partial charge in [-0.2, -0.15) is 5.26 Å². The molecule has 2 aromatic carbocycles. The number of allylic oxidation sites excluding steroid dienone is 2. The number of piperidine rings is 1. The average molecular weight is 592 g/mol. The summed E-state index contributed by atoms with van der Waals surface area (Å²) in [7, 11) is 0. The molecule has 1 amide bonds. The van der Waals surface area contributed by atoms with E-state index in [0.29, 0.717) is 30.9 Å². The van der Waals surface area contributed by atoms with E-state index in [9.17, 15) is 14.4 Å². The van der Waals surface area contributed by atoms with Gasteiger partial charge in [0, 0.05) is 25.7 Å². The van der Waals surface area contributed by atoms with Gasteiger partial charge in [0.2, 0.25) is 0 Å². The smallest absolute Gasteiger partial charge is 0.410 e. The zero-order chi connectivity index (χ0) is 30.4. The van der Waals surface area contributed by atoms with Crippen LogP contribution in [0.2, 0.25) is 0 Å². The third-order valence-electron chi connectivity index (χ3n) is 7.43. The molecule has 2 aromatic rings. The highest BCUT2D eigenvalue weighted by Gasteiger charge is 2.31. The molecule has 0 aromatic heterocycles. The molecule has 1 fully saturated rings. The Balaban J connectivity index is 1.51. The number of aliphatic imine (C=N–C) groups is 1. The Labute approximate surface area is 252 Å². The number of hydrogen-bond acceptors (Lipinski definition) is 6. The van der Waals surface area contributed by atoms with Crippen molar-refractivity contribution in [1.29, 1.82) is 5.26 Å². The monoisotopic (exact) mass is 591 g/mol. The molecule has 2 aliphatic rings. The molecule has 1 saturated heterocycles. The lowest BCUT2D eigenvalue weighted by atomic mass is 9.84. The number of nitriles is 1. The highest BCUT2D eigenvalue weighted by Crippen LogP contribution is 2.33. The minimum Gasteiger partial charge on any atom is -0.444 e. The minimum absolute atomic E-state index is 0.00521. The Morgan fingerprint density at radius 1 is 1.21 bits per heavy atom. The molecule has 3 atom stereocenters. The van der Waals surface area contributed by atoms with Crippen molar-refractivity contribution in [2.75, 3.05) is 19.6 Å². The number of rotatable bonds is 7. The number of nitrogens with two attached hydrogens (primary N) is 1. The SMILES string of the molecule is CC(CNC(c1ccc(-c2cccc(C#N)c2)cc1)C1CCN(C(=O)OC(C)(C)C)CC1)N=C1C=C(Cl)C(F)=CC1N. The summed E-state index contributed by atoms with van der Waals surface area (Å²) in [6.07, 6.45) is 4.12. The van der Waals surface area contributed by atoms with Gasteiger partial charge in [0.05, 0.1) is 34.5 Å². The number of nitrogens with one attached hydrogen (secondary N) is 1. The molecule has 0 radical (unpaired) electrons. The summed E-state index contributed by atoms with van der Waals surface area (Å²) in [5, 5.41) is 13.0. The minimum atomic E-state index is -0.644. The largest absolute Gasteiger partial charge is 0.444 e. The fourth-order valence-electron chi connectivity index (χ4n) is 5.29. The Kier molecular flexibility index (Phi) is 10.2. The number of carbonyl (C=O) groups excluding carboxylic acids is 1. The van der Waals surface area contributed by atoms with Gasteiger partial charge in [-0.1, -0.05) is 48.0 Å². The first-order chi connectivity index (χ1) is 19.9. The second-order valence-electron chi connectivity index (χ2n) is 11.9. The van der Waals surface area contributed by atoms with Crippen molar-refractivity contribution in [3.63, 3.8) is 0 Å². The van der Waals surface area contributed by atoms with Crippen LogP contribution in [-0.2, 0) is 4.74 Å². The number of nitrogens with zero attached hydrogens (tertiary/aromatic N) is 3. The van der Waals surface area contributed by atoms with Crippen molar-refractivity contribution in [3.05, 3.63) is 82.7 Å². The van der Waals surface area contributed by atoms with E-state index in [4.69, 9.17) is 27.1 Å². The normalized spacial score (nSPS) is 20.4. The van der Waals surface area contributed by atoms with Crippen LogP contribution < -0.4 is 11.1 Å². The fraction of sp³-hybridized carbons (Fsp3) is 0.424. The molecule has 222 valence electrons. The maximum Gasteiger partial charge on any atom is 0.410 e. The van der Waals surface area contributed by atoms with Crippen molar-refractivity contribution in [1.82, 2.24) is 10.2 Å². The number of carbonyl (C=O) groups is 1. The van der Waals surface area contributed by atoms with E-state index >= 15 is 0 Å². The van der Waals surface area contributed by atoms with Crippen LogP contribution in [0.25, 0.3) is 11.1 Å². The Morgan fingerprint density at radius 3 is 2.55 bits per heavy atom. The molecule has 7 nitrogen and oxygen atoms in total. The number of hydrogen-bond donors (Lipinski definition) is 2. The first kappa shape index (κ1) is 31.4. The van der Waals surface area contributed by atoms with Gasteiger partial charge in [0.15, 0.2) is 0 Å². The van der Waals surface area contributed by atoms with Gasteiger partial charge < -0.3 is 20.7 Å². The summed E-state index contributed by atoms with van der Waals surface area (Å²) < 4.78 is 19.4. The summed E-state index contributed by atoms with van der Waals surface area (Å²) in [5.41, 5.74) is 9.85. The van der Waals surface area contributed by atoms with E-state index in [0.717, 1.165) is 29.5 Å². The van der Waals surface area contributed by atoms with Crippen LogP contribution in [-0.4, -0.2) is 54.0 Å². The average Bonchev–Trinajstić information content (AvgIpc) is 2.96. The summed E-state index contributed by atoms with van der Waals surface area (Å²) in [5.74, 6) is -0.255. The van der Waals surface area contributed by atoms with Gasteiger partial charge in [-0.15, -0.1) is 0 Å². The molecule has 0 spiro atoms. The van der Waals surface area contributed by atoms with Crippen molar-refractivity contribution < 1.29 is 13.9 Å². The molecule has 1 aliphatic heterocycles. The second kappa shape index (κ2) is 13.6. The summed E-state index contributed by atoms with van der Waals surface area (Å²) in [4.78, 5) is 19.2. The topological polar surface area (TPSA) is 104 Å². The molecule has 3 N–H and O–H groups in total. The van der Waals surface area contributed by atoms with Gasteiger partial charge >= 0.3 is 6.09 Å². The van der Waals surface area contributed by atoms with Crippen molar-refractivity contribution >= 4 is 23.4 Å². The van der Waals surface area contributed by atoms with E-state index in [1.165, 1.54) is 12.2 Å². The van der Waals surface area contributed by atoms with Gasteiger partial charge in [-0.05, 0) is 87.4 Å². The molecule has 1 aliphatic carbocycles. The Morgan fingerprint density at radius 2 is 1.90 bits per heavy atom. The van der Waals surface area contributed by atoms with Gasteiger partial charge in [-0.3, -0.25) is 4.99 Å². The van der Waals surface area contributed by atoms with Crippen LogP contribution in [0.5, 0.6) is 0 Å². The third-order valence-corrected chi connectivity index (χ3v) is 7.72. The van der Waals surface area contributed by atoms with Crippen LogP contribution in [0, 0.1) is 17.2 Å². The molecule has 0 saturated carbocycles. The molecular formula is C33H39ClFN5O2. The predicted octanol–water partition coefficient (Wildman–Crippen LogP) is 6.65. The van der Waals surface area contributed by atoms with Crippen LogP contribution in [0.3, 0.4) is 0 Å². The molecule has 1 heterocycles. The van der Waals surface area contributed by atoms with Crippen molar-refractivity contribution in [2.45, 2.75) is 64.3 Å². The number of benzene rings is 2. The quantitative estimate of drug-likeness (QED) is 0.375. The van der Waals surface area contributed by atoms with E-state index in [1.807, 2.05) is 45.9 Å². The van der Waals surface area contributed by atoms with E-state index in [-0.39, 0.29) is 29.1 Å². The first-order valence-corrected chi connectivity index (χ1v) is 14.7. The summed E-state index contributed by atoms with van der Waals surface area (Å²) in [6.45, 7) is 9.40. The highest BCUT2D eigenvalue weighted by atomic mass is 35.5. The standard InChI is InChI=1S/C33H39ClFN5O2/c1-21(39-30-17-27(34)28(35)18-29(30)37)20-38-31(25-12-14-40(15-13-25)32(41)42-33(2,3)4)24-10-8-23(9-11-24)26-7-5-6-22(16-26)19-36/h5-11,16-18,21,25,29,31,38H,12-15,20,37H2,1-4H3. The number of ether oxygens (including phenoxy) is 1. The van der Waals surface area contributed by atoms with E-state index in [1.54, 1.807) is 11.0 Å². The van der Waals surface area contributed by atoms with E-state index in [2.05, 4.69) is 35.7 Å². The van der Waals surface area contributed by atoms with Crippen LogP contribution in [0.1, 0.15) is 57.7 Å². The number of likely N-dealkylation sites (tertiary alicyclic amines) is 1. The fourth-order valence-corrected chi connectivity index (χ4v) is 5.46. The van der Waals surface area contributed by atoms with Gasteiger partial charge in [0.1, 0.15) is 11.4 Å². The lowest BCUT2D eigenvalue weighted by molar-refractivity contribution is 0.0168. The lowest BCUT2D eigenvalue weighted by Gasteiger charge is -2.37. The molecular weight excluding hydrogens is 553 g/mol. The Hall–Kier alpha value is -3.51. The van der Waals surface area contributed by atoms with Crippen molar-refractivity contribution in [3.8, 4) is 17.2 Å². The molecule has 0 bridgehead atoms. The molecule has 4 rings (SSSR count). The van der Waals surface area contributed by atoms with Gasteiger partial charge in [-0.25, -0.2) is 9.18 Å². The number of amides is 1. The van der Waals surface area contributed by atoms with Crippen LogP contribution >= 0.6 is 11.6 Å². The summed E-state index contributed by atoms with van der Waals surface area (Å²) in [6, 6.07) is 17.4. The Bertz CT molecular complexity index is 1400. The third kappa shape index (κ3) is 8.28. The molecule has 3 unspecified atom stereocenters. The maximum atomic E-state index is 13.8.